The molecular weight excluding hydrogens is 295 g/mol. The van der Waals surface area contributed by atoms with Gasteiger partial charge in [-0.15, -0.1) is 11.6 Å². The van der Waals surface area contributed by atoms with Crippen LogP contribution in [0, 0.1) is 11.8 Å². The van der Waals surface area contributed by atoms with Gasteiger partial charge in [0.15, 0.2) is 0 Å². The Hall–Kier alpha value is 1.21. The minimum Gasteiger partial charge on any atom is -0.396 e. The molecule has 1 saturated carbocycles. The van der Waals surface area contributed by atoms with E-state index in [2.05, 4.69) is 31.9 Å². The summed E-state index contributed by atoms with van der Waals surface area (Å²) in [6.07, 6.45) is 1.88. The summed E-state index contributed by atoms with van der Waals surface area (Å²) in [4.78, 5) is 0. The van der Waals surface area contributed by atoms with E-state index in [4.69, 9.17) is 16.7 Å². The van der Waals surface area contributed by atoms with Gasteiger partial charge in [-0.2, -0.15) is 0 Å². The molecule has 2 atom stereocenters. The summed E-state index contributed by atoms with van der Waals surface area (Å²) >= 11 is 12.8. The minimum atomic E-state index is 0.0671. The third-order valence-electron chi connectivity index (χ3n) is 2.23. The van der Waals surface area contributed by atoms with E-state index in [1.165, 1.54) is 0 Å². The molecule has 0 aromatic rings. The molecule has 0 aromatic carbocycles. The van der Waals surface area contributed by atoms with Gasteiger partial charge in [0, 0.05) is 12.5 Å². The Morgan fingerprint density at radius 1 is 1.27 bits per heavy atom. The standard InChI is InChI=1S/C7H11Br2ClO/c8-7(9)5(1-3-10)6(7)2-4-11/h5-6,11H,1-4H2/t5-,6+/m0/s1. The van der Waals surface area contributed by atoms with Crippen LogP contribution in [0.4, 0.5) is 0 Å². The summed E-state index contributed by atoms with van der Waals surface area (Å²) in [6, 6.07) is 0. The highest BCUT2D eigenvalue weighted by atomic mass is 79.9. The van der Waals surface area contributed by atoms with Gasteiger partial charge in [-0.1, -0.05) is 31.9 Å². The van der Waals surface area contributed by atoms with E-state index in [0.717, 1.165) is 12.8 Å². The van der Waals surface area contributed by atoms with Crippen molar-refractivity contribution < 1.29 is 5.11 Å². The lowest BCUT2D eigenvalue weighted by Crippen LogP contribution is -1.91. The SMILES string of the molecule is OCC[C@@H]1[C@H](CCCl)C1(Br)Br. The van der Waals surface area contributed by atoms with E-state index >= 15 is 0 Å². The molecule has 11 heavy (non-hydrogen) atoms. The molecule has 4 heteroatoms. The zero-order valence-electron chi connectivity index (χ0n) is 6.06. The Morgan fingerprint density at radius 2 is 1.82 bits per heavy atom. The van der Waals surface area contributed by atoms with E-state index in [-0.39, 0.29) is 9.84 Å². The van der Waals surface area contributed by atoms with Crippen LogP contribution in [0.25, 0.3) is 0 Å². The Bertz CT molecular complexity index is 126. The van der Waals surface area contributed by atoms with Gasteiger partial charge in [-0.3, -0.25) is 0 Å². The van der Waals surface area contributed by atoms with Gasteiger partial charge in [0.05, 0.1) is 3.23 Å². The molecule has 0 radical (unpaired) electrons. The number of aliphatic hydroxyl groups excluding tert-OH is 1. The predicted molar refractivity (Wildman–Crippen MR) is 54.6 cm³/mol. The van der Waals surface area contributed by atoms with Gasteiger partial charge in [0.25, 0.3) is 0 Å². The average Bonchev–Trinajstić information content (AvgIpc) is 2.41. The van der Waals surface area contributed by atoms with Crippen molar-refractivity contribution in [2.45, 2.75) is 16.1 Å². The normalized spacial score (nSPS) is 33.8. The average molecular weight is 306 g/mol. The Labute approximate surface area is 88.8 Å². The van der Waals surface area contributed by atoms with Crippen molar-refractivity contribution in [3.05, 3.63) is 0 Å². The second-order valence-electron chi connectivity index (χ2n) is 2.88. The van der Waals surface area contributed by atoms with E-state index < -0.39 is 0 Å². The predicted octanol–water partition coefficient (Wildman–Crippen LogP) is 2.73. The first-order valence-electron chi connectivity index (χ1n) is 3.69. The fourth-order valence-electron chi connectivity index (χ4n) is 1.50. The lowest BCUT2D eigenvalue weighted by Gasteiger charge is -1.94. The van der Waals surface area contributed by atoms with E-state index in [1.54, 1.807) is 0 Å². The summed E-state index contributed by atoms with van der Waals surface area (Å²) in [6.45, 7) is 0.266. The van der Waals surface area contributed by atoms with Crippen LogP contribution in [0.5, 0.6) is 0 Å². The third-order valence-corrected chi connectivity index (χ3v) is 4.80. The zero-order chi connectivity index (χ0) is 8.48. The molecule has 0 aliphatic heterocycles. The second-order valence-corrected chi connectivity index (χ2v) is 6.94. The van der Waals surface area contributed by atoms with Gasteiger partial charge in [0.2, 0.25) is 0 Å². The summed E-state index contributed by atoms with van der Waals surface area (Å²) in [5, 5.41) is 8.72. The number of aliphatic hydroxyl groups is 1. The van der Waals surface area contributed by atoms with Gasteiger partial charge < -0.3 is 5.11 Å². The van der Waals surface area contributed by atoms with Crippen LogP contribution in [0.2, 0.25) is 0 Å². The monoisotopic (exact) mass is 304 g/mol. The van der Waals surface area contributed by atoms with E-state index in [9.17, 15) is 0 Å². The first-order chi connectivity index (χ1) is 5.14. The number of rotatable bonds is 4. The first-order valence-corrected chi connectivity index (χ1v) is 5.81. The Balaban J connectivity index is 2.34. The largest absolute Gasteiger partial charge is 0.396 e. The van der Waals surface area contributed by atoms with Crippen molar-refractivity contribution in [1.82, 2.24) is 0 Å². The van der Waals surface area contributed by atoms with Gasteiger partial charge >= 0.3 is 0 Å². The fraction of sp³-hybridized carbons (Fsp3) is 1.00. The number of alkyl halides is 3. The number of hydrogen-bond acceptors (Lipinski definition) is 1. The van der Waals surface area contributed by atoms with Crippen molar-refractivity contribution in [2.75, 3.05) is 12.5 Å². The molecule has 0 aromatic heterocycles. The molecule has 66 valence electrons. The molecular formula is C7H11Br2ClO. The molecule has 1 aliphatic carbocycles. The van der Waals surface area contributed by atoms with Crippen molar-refractivity contribution in [2.24, 2.45) is 11.8 Å². The van der Waals surface area contributed by atoms with Crippen molar-refractivity contribution >= 4 is 43.5 Å². The zero-order valence-corrected chi connectivity index (χ0v) is 9.99. The molecule has 1 aliphatic rings. The molecule has 0 amide bonds. The fourth-order valence-corrected chi connectivity index (χ4v) is 3.67. The molecule has 1 fully saturated rings. The van der Waals surface area contributed by atoms with Crippen molar-refractivity contribution in [3.63, 3.8) is 0 Å². The minimum absolute atomic E-state index is 0.0671. The number of hydrogen-bond donors (Lipinski definition) is 1. The van der Waals surface area contributed by atoms with Crippen LogP contribution >= 0.6 is 43.5 Å². The van der Waals surface area contributed by atoms with Crippen molar-refractivity contribution in [1.29, 1.82) is 0 Å². The molecule has 0 saturated heterocycles. The molecule has 0 unspecified atom stereocenters. The van der Waals surface area contributed by atoms with Gasteiger partial charge in [-0.25, -0.2) is 0 Å². The summed E-state index contributed by atoms with van der Waals surface area (Å²) in [5.74, 6) is 1.84. The molecule has 1 rings (SSSR count). The van der Waals surface area contributed by atoms with Gasteiger partial charge in [0.1, 0.15) is 0 Å². The Morgan fingerprint density at radius 3 is 2.27 bits per heavy atom. The summed E-state index contributed by atoms with van der Waals surface area (Å²) < 4.78 is 0.0671. The lowest BCUT2D eigenvalue weighted by molar-refractivity contribution is 0.276. The van der Waals surface area contributed by atoms with Crippen LogP contribution in [-0.2, 0) is 0 Å². The van der Waals surface area contributed by atoms with E-state index in [1.807, 2.05) is 0 Å². The molecule has 0 spiro atoms. The summed E-state index contributed by atoms with van der Waals surface area (Å²) in [5.41, 5.74) is 0. The second kappa shape index (κ2) is 3.95. The molecule has 0 bridgehead atoms. The highest BCUT2D eigenvalue weighted by Gasteiger charge is 2.60. The van der Waals surface area contributed by atoms with Crippen LogP contribution in [0.3, 0.4) is 0 Å². The highest BCUT2D eigenvalue weighted by molar-refractivity contribution is 9.25. The highest BCUT2D eigenvalue weighted by Crippen LogP contribution is 2.64. The molecule has 0 heterocycles. The first kappa shape index (κ1) is 10.3. The van der Waals surface area contributed by atoms with Crippen molar-refractivity contribution in [3.8, 4) is 0 Å². The summed E-state index contributed by atoms with van der Waals surface area (Å²) in [7, 11) is 0. The van der Waals surface area contributed by atoms with Crippen LogP contribution in [-0.4, -0.2) is 20.8 Å². The van der Waals surface area contributed by atoms with Crippen LogP contribution in [0.1, 0.15) is 12.8 Å². The van der Waals surface area contributed by atoms with Crippen LogP contribution < -0.4 is 0 Å². The topological polar surface area (TPSA) is 20.2 Å². The lowest BCUT2D eigenvalue weighted by atomic mass is 10.2. The van der Waals surface area contributed by atoms with E-state index in [0.29, 0.717) is 17.7 Å². The Kier molecular flexibility index (Phi) is 3.69. The maximum absolute atomic E-state index is 8.72. The number of halogens is 3. The quantitative estimate of drug-likeness (QED) is 0.792. The maximum atomic E-state index is 8.72. The third kappa shape index (κ3) is 2.11. The molecule has 1 N–H and O–H groups in total. The maximum Gasteiger partial charge on any atom is 0.0869 e. The van der Waals surface area contributed by atoms with Gasteiger partial charge in [-0.05, 0) is 24.7 Å². The van der Waals surface area contributed by atoms with Crippen LogP contribution in [0.15, 0.2) is 0 Å². The molecule has 1 nitrogen and oxygen atoms in total. The smallest absolute Gasteiger partial charge is 0.0869 e.